The molecule has 2 rings (SSSR count). The summed E-state index contributed by atoms with van der Waals surface area (Å²) in [4.78, 5) is 12.2. The number of ether oxygens (including phenoxy) is 3. The number of hydrogen-bond donors (Lipinski definition) is 0. The van der Waals surface area contributed by atoms with Gasteiger partial charge >= 0.3 is 0 Å². The highest BCUT2D eigenvalue weighted by Crippen LogP contribution is 2.40. The number of carbonyl (C=O) groups excluding carboxylic acids is 1. The Morgan fingerprint density at radius 3 is 2.35 bits per heavy atom. The third kappa shape index (κ3) is 3.93. The maximum Gasteiger partial charge on any atom is 0.203 e. The molecule has 0 bridgehead atoms. The first kappa shape index (κ1) is 17.1. The molecule has 0 aliphatic carbocycles. The summed E-state index contributed by atoms with van der Waals surface area (Å²) >= 11 is 3.36. The Balaban J connectivity index is 2.34. The van der Waals surface area contributed by atoms with Crippen LogP contribution in [0.5, 0.6) is 17.2 Å². The van der Waals surface area contributed by atoms with E-state index in [1.807, 2.05) is 18.2 Å². The summed E-state index contributed by atoms with van der Waals surface area (Å²) in [6.07, 6.45) is 3.20. The van der Waals surface area contributed by atoms with Crippen molar-refractivity contribution >= 4 is 27.8 Å². The Morgan fingerprint density at radius 2 is 1.74 bits per heavy atom. The Bertz CT molecular complexity index is 738. The maximum atomic E-state index is 12.2. The molecule has 0 aliphatic heterocycles. The SMILES string of the molecule is COc1ccc(/C=C/C(=O)c2cccc(Br)c2)c(OC)c1OC. The average Bonchev–Trinajstić information content (AvgIpc) is 2.58. The zero-order valence-corrected chi connectivity index (χ0v) is 14.7. The fourth-order valence-electron chi connectivity index (χ4n) is 2.16. The van der Waals surface area contributed by atoms with Crippen molar-refractivity contribution in [2.45, 2.75) is 0 Å². The summed E-state index contributed by atoms with van der Waals surface area (Å²) in [7, 11) is 4.65. The van der Waals surface area contributed by atoms with Crippen molar-refractivity contribution < 1.29 is 19.0 Å². The van der Waals surface area contributed by atoms with Gasteiger partial charge in [0.25, 0.3) is 0 Å². The molecule has 0 N–H and O–H groups in total. The summed E-state index contributed by atoms with van der Waals surface area (Å²) in [5.41, 5.74) is 1.34. The number of halogens is 1. The van der Waals surface area contributed by atoms with Crippen molar-refractivity contribution in [1.29, 1.82) is 0 Å². The van der Waals surface area contributed by atoms with Crippen LogP contribution >= 0.6 is 15.9 Å². The van der Waals surface area contributed by atoms with Crippen LogP contribution in [0.1, 0.15) is 15.9 Å². The van der Waals surface area contributed by atoms with Crippen LogP contribution in [0, 0.1) is 0 Å². The van der Waals surface area contributed by atoms with Gasteiger partial charge in [-0.25, -0.2) is 0 Å². The molecule has 0 aliphatic rings. The molecular formula is C18H17BrO4. The molecule has 4 nitrogen and oxygen atoms in total. The molecule has 0 spiro atoms. The molecule has 0 amide bonds. The van der Waals surface area contributed by atoms with Crippen molar-refractivity contribution in [2.75, 3.05) is 21.3 Å². The second-order valence-electron chi connectivity index (χ2n) is 4.63. The van der Waals surface area contributed by atoms with Crippen LogP contribution < -0.4 is 14.2 Å². The van der Waals surface area contributed by atoms with Crippen molar-refractivity contribution in [1.82, 2.24) is 0 Å². The zero-order valence-electron chi connectivity index (χ0n) is 13.1. The molecular weight excluding hydrogens is 360 g/mol. The van der Waals surface area contributed by atoms with E-state index in [0.717, 1.165) is 10.0 Å². The summed E-state index contributed by atoms with van der Waals surface area (Å²) < 4.78 is 16.8. The van der Waals surface area contributed by atoms with Crippen LogP contribution in [0.25, 0.3) is 6.08 Å². The van der Waals surface area contributed by atoms with E-state index >= 15 is 0 Å². The van der Waals surface area contributed by atoms with E-state index in [-0.39, 0.29) is 5.78 Å². The second-order valence-corrected chi connectivity index (χ2v) is 5.55. The van der Waals surface area contributed by atoms with Crippen LogP contribution in [0.15, 0.2) is 46.9 Å². The lowest BCUT2D eigenvalue weighted by atomic mass is 10.1. The Morgan fingerprint density at radius 1 is 1.00 bits per heavy atom. The highest BCUT2D eigenvalue weighted by molar-refractivity contribution is 9.10. The Kier molecular flexibility index (Phi) is 5.82. The van der Waals surface area contributed by atoms with Crippen molar-refractivity contribution in [3.63, 3.8) is 0 Å². The highest BCUT2D eigenvalue weighted by atomic mass is 79.9. The summed E-state index contributed by atoms with van der Waals surface area (Å²) in [6.45, 7) is 0. The van der Waals surface area contributed by atoms with Gasteiger partial charge in [0.15, 0.2) is 17.3 Å². The molecule has 0 heterocycles. The van der Waals surface area contributed by atoms with Gasteiger partial charge in [-0.1, -0.05) is 28.1 Å². The second kappa shape index (κ2) is 7.83. The minimum atomic E-state index is -0.0943. The standard InChI is InChI=1S/C18H17BrO4/c1-21-16-10-8-12(17(22-2)18(16)23-3)7-9-15(20)13-5-4-6-14(19)11-13/h4-11H,1-3H3/b9-7+. The summed E-state index contributed by atoms with van der Waals surface area (Å²) in [5, 5.41) is 0. The molecule has 23 heavy (non-hydrogen) atoms. The molecule has 0 saturated heterocycles. The van der Waals surface area contributed by atoms with Crippen molar-refractivity contribution in [2.24, 2.45) is 0 Å². The normalized spacial score (nSPS) is 10.6. The number of ketones is 1. The quantitative estimate of drug-likeness (QED) is 0.554. The fourth-order valence-corrected chi connectivity index (χ4v) is 2.56. The van der Waals surface area contributed by atoms with Gasteiger partial charge in [0.05, 0.1) is 21.3 Å². The van der Waals surface area contributed by atoms with E-state index in [4.69, 9.17) is 14.2 Å². The number of allylic oxidation sites excluding steroid dienone is 1. The monoisotopic (exact) mass is 376 g/mol. The molecule has 0 fully saturated rings. The molecule has 2 aromatic carbocycles. The number of carbonyl (C=O) groups is 1. The molecule has 0 aromatic heterocycles. The van der Waals surface area contributed by atoms with Crippen LogP contribution in [0.3, 0.4) is 0 Å². The lowest BCUT2D eigenvalue weighted by Gasteiger charge is -2.13. The van der Waals surface area contributed by atoms with Gasteiger partial charge in [-0.15, -0.1) is 0 Å². The number of rotatable bonds is 6. The number of methoxy groups -OCH3 is 3. The van der Waals surface area contributed by atoms with E-state index in [9.17, 15) is 4.79 Å². The molecule has 0 radical (unpaired) electrons. The molecule has 0 atom stereocenters. The largest absolute Gasteiger partial charge is 0.493 e. The minimum Gasteiger partial charge on any atom is -0.493 e. The number of benzene rings is 2. The highest BCUT2D eigenvalue weighted by Gasteiger charge is 2.14. The van der Waals surface area contributed by atoms with Crippen LogP contribution in [0.2, 0.25) is 0 Å². The topological polar surface area (TPSA) is 44.8 Å². The molecule has 120 valence electrons. The van der Waals surface area contributed by atoms with Gasteiger partial charge < -0.3 is 14.2 Å². The van der Waals surface area contributed by atoms with E-state index in [1.165, 1.54) is 6.08 Å². The molecule has 2 aromatic rings. The lowest BCUT2D eigenvalue weighted by molar-refractivity contribution is 0.104. The smallest absolute Gasteiger partial charge is 0.203 e. The predicted octanol–water partition coefficient (Wildman–Crippen LogP) is 4.37. The third-order valence-electron chi connectivity index (χ3n) is 3.26. The average molecular weight is 377 g/mol. The van der Waals surface area contributed by atoms with Gasteiger partial charge in [-0.05, 0) is 36.4 Å². The van der Waals surface area contributed by atoms with Crippen LogP contribution in [-0.2, 0) is 0 Å². The molecule has 0 saturated carbocycles. The maximum absolute atomic E-state index is 12.2. The lowest BCUT2D eigenvalue weighted by Crippen LogP contribution is -1.97. The van der Waals surface area contributed by atoms with Crippen LogP contribution in [0.4, 0.5) is 0 Å². The zero-order chi connectivity index (χ0) is 16.8. The number of hydrogen-bond acceptors (Lipinski definition) is 4. The third-order valence-corrected chi connectivity index (χ3v) is 3.75. The van der Waals surface area contributed by atoms with Gasteiger partial charge in [0.2, 0.25) is 5.75 Å². The van der Waals surface area contributed by atoms with Gasteiger partial charge in [0.1, 0.15) is 0 Å². The minimum absolute atomic E-state index is 0.0943. The molecule has 5 heteroatoms. The van der Waals surface area contributed by atoms with Crippen molar-refractivity contribution in [3.8, 4) is 17.2 Å². The first-order valence-corrected chi connectivity index (χ1v) is 7.67. The van der Waals surface area contributed by atoms with E-state index in [1.54, 1.807) is 45.6 Å². The predicted molar refractivity (Wildman–Crippen MR) is 93.6 cm³/mol. The van der Waals surface area contributed by atoms with Gasteiger partial charge in [-0.3, -0.25) is 4.79 Å². The Labute approximate surface area is 143 Å². The van der Waals surface area contributed by atoms with Gasteiger partial charge in [-0.2, -0.15) is 0 Å². The summed E-state index contributed by atoms with van der Waals surface area (Å²) in [5.74, 6) is 1.49. The van der Waals surface area contributed by atoms with Gasteiger partial charge in [0, 0.05) is 15.6 Å². The first-order chi connectivity index (χ1) is 11.1. The Hall–Kier alpha value is -2.27. The van der Waals surface area contributed by atoms with Crippen molar-refractivity contribution in [3.05, 3.63) is 58.1 Å². The van der Waals surface area contributed by atoms with Crippen LogP contribution in [-0.4, -0.2) is 27.1 Å². The summed E-state index contributed by atoms with van der Waals surface area (Å²) in [6, 6.07) is 10.8. The van der Waals surface area contributed by atoms with E-state index in [2.05, 4.69) is 15.9 Å². The van der Waals surface area contributed by atoms with E-state index in [0.29, 0.717) is 22.8 Å². The fraction of sp³-hybridized carbons (Fsp3) is 0.167. The van der Waals surface area contributed by atoms with E-state index < -0.39 is 0 Å². The first-order valence-electron chi connectivity index (χ1n) is 6.87. The molecule has 0 unspecified atom stereocenters.